The minimum atomic E-state index is -4.32. The molecule has 0 amide bonds. The van der Waals surface area contributed by atoms with E-state index in [1.54, 1.807) is 0 Å². The normalized spacial score (nSPS) is 16.3. The van der Waals surface area contributed by atoms with Gasteiger partial charge in [0.25, 0.3) is 0 Å². The van der Waals surface area contributed by atoms with Gasteiger partial charge in [0.15, 0.2) is 0 Å². The maximum Gasteiger partial charge on any atom is 0.416 e. The zero-order valence-corrected chi connectivity index (χ0v) is 16.4. The van der Waals surface area contributed by atoms with Crippen LogP contribution in [0.1, 0.15) is 35.1 Å². The van der Waals surface area contributed by atoms with Crippen LogP contribution in [0, 0.1) is 6.92 Å². The average molecular weight is 392 g/mol. The Morgan fingerprint density at radius 3 is 2.39 bits per heavy atom. The Labute approximate surface area is 164 Å². The maximum atomic E-state index is 12.7. The molecule has 0 atom stereocenters. The molecule has 0 saturated carbocycles. The van der Waals surface area contributed by atoms with Crippen LogP contribution in [0.5, 0.6) is 5.75 Å². The topological polar surface area (TPSA) is 24.5 Å². The molecule has 1 heterocycles. The van der Waals surface area contributed by atoms with E-state index in [1.165, 1.54) is 12.1 Å². The molecule has 0 aromatic heterocycles. The van der Waals surface area contributed by atoms with E-state index in [4.69, 9.17) is 4.74 Å². The largest absolute Gasteiger partial charge is 0.489 e. The molecular formula is C22H27F3N2O. The average Bonchev–Trinajstić information content (AvgIpc) is 2.66. The number of rotatable bonds is 6. The van der Waals surface area contributed by atoms with E-state index < -0.39 is 11.7 Å². The summed E-state index contributed by atoms with van der Waals surface area (Å²) in [5.41, 5.74) is 2.30. The first-order valence-electron chi connectivity index (χ1n) is 9.61. The highest BCUT2D eigenvalue weighted by Gasteiger charge is 2.29. The molecule has 28 heavy (non-hydrogen) atoms. The molecule has 1 aliphatic rings. The molecule has 6 heteroatoms. The fourth-order valence-corrected chi connectivity index (χ4v) is 3.41. The van der Waals surface area contributed by atoms with Gasteiger partial charge in [0.05, 0.1) is 5.56 Å². The lowest BCUT2D eigenvalue weighted by Crippen LogP contribution is -2.40. The molecular weight excluding hydrogens is 365 g/mol. The highest BCUT2D eigenvalue weighted by atomic mass is 19.4. The Bertz CT molecular complexity index is 766. The molecule has 1 aliphatic heterocycles. The van der Waals surface area contributed by atoms with Crippen LogP contribution >= 0.6 is 0 Å². The second kappa shape index (κ2) is 8.97. The lowest BCUT2D eigenvalue weighted by molar-refractivity contribution is -0.137. The van der Waals surface area contributed by atoms with Crippen LogP contribution in [0.25, 0.3) is 0 Å². The van der Waals surface area contributed by atoms with Crippen molar-refractivity contribution in [3.8, 4) is 5.75 Å². The molecule has 0 unspecified atom stereocenters. The van der Waals surface area contributed by atoms with Gasteiger partial charge >= 0.3 is 6.18 Å². The quantitative estimate of drug-likeness (QED) is 0.766. The fraction of sp³-hybridized carbons (Fsp3) is 0.455. The molecule has 3 nitrogen and oxygen atoms in total. The lowest BCUT2D eigenvalue weighted by Gasteiger charge is -2.29. The number of ether oxygens (including phenoxy) is 1. The standard InChI is InChI=1S/C22H27F3N2O/c1-16-3-8-21(18(13-16)14-26-20-9-11-27(2)12-10-20)28-15-17-4-6-19(7-5-17)22(23,24)25/h3-8,13,20,26H,9-12,14-15H2,1-2H3. The van der Waals surface area contributed by atoms with E-state index in [9.17, 15) is 13.2 Å². The van der Waals surface area contributed by atoms with Gasteiger partial charge in [-0.2, -0.15) is 13.2 Å². The van der Waals surface area contributed by atoms with Crippen molar-refractivity contribution >= 4 is 0 Å². The second-order valence-electron chi connectivity index (χ2n) is 7.55. The number of nitrogens with one attached hydrogen (secondary N) is 1. The molecule has 2 aromatic carbocycles. The Balaban J connectivity index is 1.60. The molecule has 3 rings (SSSR count). The van der Waals surface area contributed by atoms with Gasteiger partial charge in [-0.05, 0) is 63.7 Å². The molecule has 1 saturated heterocycles. The summed E-state index contributed by atoms with van der Waals surface area (Å²) in [6.45, 7) is 5.20. The Morgan fingerprint density at radius 2 is 1.75 bits per heavy atom. The van der Waals surface area contributed by atoms with Crippen LogP contribution in [-0.4, -0.2) is 31.1 Å². The number of likely N-dealkylation sites (tertiary alicyclic amines) is 1. The fourth-order valence-electron chi connectivity index (χ4n) is 3.41. The van der Waals surface area contributed by atoms with Gasteiger partial charge in [0.1, 0.15) is 12.4 Å². The van der Waals surface area contributed by atoms with E-state index in [0.717, 1.165) is 61.5 Å². The van der Waals surface area contributed by atoms with Crippen LogP contribution in [0.3, 0.4) is 0 Å². The number of hydrogen-bond acceptors (Lipinski definition) is 3. The summed E-state index contributed by atoms with van der Waals surface area (Å²) in [4.78, 5) is 2.34. The van der Waals surface area contributed by atoms with Crippen molar-refractivity contribution in [1.29, 1.82) is 0 Å². The van der Waals surface area contributed by atoms with Crippen LogP contribution in [-0.2, 0) is 19.3 Å². The number of alkyl halides is 3. The Morgan fingerprint density at radius 1 is 1.07 bits per heavy atom. The number of halogens is 3. The summed E-state index contributed by atoms with van der Waals surface area (Å²) in [6, 6.07) is 11.6. The molecule has 0 spiro atoms. The number of hydrogen-bond donors (Lipinski definition) is 1. The van der Waals surface area contributed by atoms with E-state index in [0.29, 0.717) is 11.6 Å². The van der Waals surface area contributed by atoms with Gasteiger partial charge < -0.3 is 15.0 Å². The van der Waals surface area contributed by atoms with Gasteiger partial charge in [-0.25, -0.2) is 0 Å². The number of nitrogens with zero attached hydrogens (tertiary/aromatic N) is 1. The van der Waals surface area contributed by atoms with E-state index in [1.807, 2.05) is 19.1 Å². The predicted molar refractivity (Wildman–Crippen MR) is 104 cm³/mol. The highest BCUT2D eigenvalue weighted by Crippen LogP contribution is 2.29. The van der Waals surface area contributed by atoms with Crippen molar-refractivity contribution in [2.24, 2.45) is 0 Å². The van der Waals surface area contributed by atoms with Gasteiger partial charge in [0, 0.05) is 18.2 Å². The zero-order chi connectivity index (χ0) is 20.1. The first kappa shape index (κ1) is 20.7. The molecule has 1 N–H and O–H groups in total. The van der Waals surface area contributed by atoms with Crippen molar-refractivity contribution in [3.63, 3.8) is 0 Å². The van der Waals surface area contributed by atoms with Crippen LogP contribution in [0.2, 0.25) is 0 Å². The van der Waals surface area contributed by atoms with Crippen LogP contribution < -0.4 is 10.1 Å². The maximum absolute atomic E-state index is 12.7. The van der Waals surface area contributed by atoms with E-state index >= 15 is 0 Å². The minimum Gasteiger partial charge on any atom is -0.489 e. The third kappa shape index (κ3) is 5.72. The predicted octanol–water partition coefficient (Wildman–Crippen LogP) is 4.78. The Kier molecular flexibility index (Phi) is 6.62. The Hall–Kier alpha value is -2.05. The lowest BCUT2D eigenvalue weighted by atomic mass is 10.0. The summed E-state index contributed by atoms with van der Waals surface area (Å²) in [7, 11) is 2.14. The third-order valence-electron chi connectivity index (χ3n) is 5.19. The zero-order valence-electron chi connectivity index (χ0n) is 16.4. The summed E-state index contributed by atoms with van der Waals surface area (Å²) in [6.07, 6.45) is -2.06. The monoisotopic (exact) mass is 392 g/mol. The van der Waals surface area contributed by atoms with E-state index in [2.05, 4.69) is 23.3 Å². The second-order valence-corrected chi connectivity index (χ2v) is 7.55. The molecule has 1 fully saturated rings. The summed E-state index contributed by atoms with van der Waals surface area (Å²) in [5.74, 6) is 0.769. The molecule has 0 radical (unpaired) electrons. The molecule has 0 bridgehead atoms. The van der Waals surface area contributed by atoms with Crippen molar-refractivity contribution in [3.05, 3.63) is 64.7 Å². The molecule has 152 valence electrons. The van der Waals surface area contributed by atoms with Gasteiger partial charge in [0.2, 0.25) is 0 Å². The van der Waals surface area contributed by atoms with Crippen molar-refractivity contribution in [2.75, 3.05) is 20.1 Å². The number of piperidine rings is 1. The molecule has 0 aliphatic carbocycles. The summed E-state index contributed by atoms with van der Waals surface area (Å²) >= 11 is 0. The molecule has 2 aromatic rings. The van der Waals surface area contributed by atoms with E-state index in [-0.39, 0.29) is 6.61 Å². The minimum absolute atomic E-state index is 0.239. The van der Waals surface area contributed by atoms with Gasteiger partial charge in [-0.15, -0.1) is 0 Å². The first-order chi connectivity index (χ1) is 13.3. The number of benzene rings is 2. The highest BCUT2D eigenvalue weighted by molar-refractivity contribution is 5.37. The van der Waals surface area contributed by atoms with Crippen molar-refractivity contribution < 1.29 is 17.9 Å². The van der Waals surface area contributed by atoms with Gasteiger partial charge in [-0.3, -0.25) is 0 Å². The number of aryl methyl sites for hydroxylation is 1. The SMILES string of the molecule is Cc1ccc(OCc2ccc(C(F)(F)F)cc2)c(CNC2CCN(C)CC2)c1. The van der Waals surface area contributed by atoms with Crippen molar-refractivity contribution in [1.82, 2.24) is 10.2 Å². The van der Waals surface area contributed by atoms with Crippen molar-refractivity contribution in [2.45, 2.75) is 45.1 Å². The third-order valence-corrected chi connectivity index (χ3v) is 5.19. The summed E-state index contributed by atoms with van der Waals surface area (Å²) < 4.78 is 44.0. The van der Waals surface area contributed by atoms with Gasteiger partial charge in [-0.1, -0.05) is 29.8 Å². The smallest absolute Gasteiger partial charge is 0.416 e. The first-order valence-corrected chi connectivity index (χ1v) is 9.61. The van der Waals surface area contributed by atoms with Crippen LogP contribution in [0.15, 0.2) is 42.5 Å². The summed E-state index contributed by atoms with van der Waals surface area (Å²) in [5, 5.41) is 3.62. The van der Waals surface area contributed by atoms with Crippen LogP contribution in [0.4, 0.5) is 13.2 Å².